The SMILES string of the molecule is C[C@H]1C=Cc2cc(-c3nc(-c4ccc(-c5cccc6cccnc56)cc4)nc(-c4ccc5ccccc5c4)n3)ccc2C1. The van der Waals surface area contributed by atoms with Crippen LogP contribution in [-0.2, 0) is 6.42 Å². The number of nitrogens with zero attached hydrogens (tertiary/aromatic N) is 4. The van der Waals surface area contributed by atoms with E-state index in [4.69, 9.17) is 15.0 Å². The van der Waals surface area contributed by atoms with E-state index in [-0.39, 0.29) is 0 Å². The lowest BCUT2D eigenvalue weighted by atomic mass is 9.89. The lowest BCUT2D eigenvalue weighted by molar-refractivity contribution is 0.717. The number of hydrogen-bond acceptors (Lipinski definition) is 4. The molecule has 4 heteroatoms. The number of para-hydroxylation sites is 1. The van der Waals surface area contributed by atoms with E-state index in [1.165, 1.54) is 16.5 Å². The van der Waals surface area contributed by atoms with Crippen molar-refractivity contribution in [1.29, 1.82) is 0 Å². The molecular formula is C39H28N4. The molecule has 0 amide bonds. The highest BCUT2D eigenvalue weighted by Gasteiger charge is 2.16. The summed E-state index contributed by atoms with van der Waals surface area (Å²) in [4.78, 5) is 19.7. The third-order valence-electron chi connectivity index (χ3n) is 8.28. The van der Waals surface area contributed by atoms with E-state index in [2.05, 4.69) is 133 Å². The fourth-order valence-electron chi connectivity index (χ4n) is 5.99. The summed E-state index contributed by atoms with van der Waals surface area (Å²) in [5.41, 5.74) is 8.70. The second-order valence-electron chi connectivity index (χ2n) is 11.3. The minimum atomic E-state index is 0.550. The van der Waals surface area contributed by atoms with Crippen molar-refractivity contribution in [2.75, 3.05) is 0 Å². The molecule has 0 spiro atoms. The molecule has 0 unspecified atom stereocenters. The highest BCUT2D eigenvalue weighted by molar-refractivity contribution is 5.93. The van der Waals surface area contributed by atoms with Gasteiger partial charge in [-0.15, -0.1) is 0 Å². The van der Waals surface area contributed by atoms with Crippen molar-refractivity contribution >= 4 is 27.8 Å². The molecule has 2 aromatic heterocycles. The van der Waals surface area contributed by atoms with Gasteiger partial charge in [0, 0.05) is 33.8 Å². The van der Waals surface area contributed by atoms with Gasteiger partial charge < -0.3 is 0 Å². The molecule has 0 N–H and O–H groups in total. The van der Waals surface area contributed by atoms with Gasteiger partial charge in [-0.25, -0.2) is 15.0 Å². The Balaban J connectivity index is 1.25. The molecular weight excluding hydrogens is 524 g/mol. The summed E-state index contributed by atoms with van der Waals surface area (Å²) in [6.07, 6.45) is 7.39. The normalized spacial score (nSPS) is 14.2. The van der Waals surface area contributed by atoms with Crippen LogP contribution >= 0.6 is 0 Å². The first-order valence-corrected chi connectivity index (χ1v) is 14.7. The fourth-order valence-corrected chi connectivity index (χ4v) is 5.99. The summed E-state index contributed by atoms with van der Waals surface area (Å²) in [6.45, 7) is 2.25. The number of benzene rings is 5. The average Bonchev–Trinajstić information content (AvgIpc) is 3.07. The van der Waals surface area contributed by atoms with Crippen LogP contribution in [0, 0.1) is 5.92 Å². The van der Waals surface area contributed by atoms with Crippen LogP contribution in [0.5, 0.6) is 0 Å². The van der Waals surface area contributed by atoms with Crippen molar-refractivity contribution in [2.45, 2.75) is 13.3 Å². The molecule has 5 aromatic carbocycles. The largest absolute Gasteiger partial charge is 0.256 e. The Hall–Kier alpha value is -5.48. The van der Waals surface area contributed by atoms with E-state index < -0.39 is 0 Å². The zero-order valence-corrected chi connectivity index (χ0v) is 23.8. The number of aromatic nitrogens is 4. The van der Waals surface area contributed by atoms with Gasteiger partial charge in [0.15, 0.2) is 17.5 Å². The topological polar surface area (TPSA) is 51.6 Å². The number of pyridine rings is 1. The minimum absolute atomic E-state index is 0.550. The Morgan fingerprint density at radius 2 is 1.21 bits per heavy atom. The standard InChI is InChI=1S/C39H28N4/c1-25-11-12-32-24-34(20-18-31(32)22-25)39-42-37(41-38(43-39)33-19-13-26-6-2-3-7-30(26)23-33)29-16-14-27(15-17-29)35-10-4-8-28-9-5-21-40-36(28)35/h2-21,23-25H,22H2,1H3/t25-/m0/s1. The van der Waals surface area contributed by atoms with Gasteiger partial charge in [-0.2, -0.15) is 0 Å². The maximum absolute atomic E-state index is 5.02. The lowest BCUT2D eigenvalue weighted by Crippen LogP contribution is -2.04. The monoisotopic (exact) mass is 552 g/mol. The maximum Gasteiger partial charge on any atom is 0.164 e. The van der Waals surface area contributed by atoms with Gasteiger partial charge in [0.05, 0.1) is 5.52 Å². The van der Waals surface area contributed by atoms with E-state index >= 15 is 0 Å². The predicted octanol–water partition coefficient (Wildman–Crippen LogP) is 9.45. The van der Waals surface area contributed by atoms with Crippen LogP contribution in [0.4, 0.5) is 0 Å². The van der Waals surface area contributed by atoms with Crippen molar-refractivity contribution in [1.82, 2.24) is 19.9 Å². The second kappa shape index (κ2) is 10.4. The van der Waals surface area contributed by atoms with Crippen molar-refractivity contribution in [3.63, 3.8) is 0 Å². The van der Waals surface area contributed by atoms with E-state index in [1.807, 2.05) is 12.3 Å². The molecule has 7 aromatic rings. The van der Waals surface area contributed by atoms with Crippen LogP contribution in [0.25, 0.3) is 73.0 Å². The highest BCUT2D eigenvalue weighted by Crippen LogP contribution is 2.32. The van der Waals surface area contributed by atoms with Gasteiger partial charge in [0.1, 0.15) is 0 Å². The van der Waals surface area contributed by atoms with Gasteiger partial charge >= 0.3 is 0 Å². The van der Waals surface area contributed by atoms with Crippen molar-refractivity contribution < 1.29 is 0 Å². The molecule has 0 saturated heterocycles. The quantitative estimate of drug-likeness (QED) is 0.218. The molecule has 1 aliphatic rings. The highest BCUT2D eigenvalue weighted by atomic mass is 15.0. The molecule has 43 heavy (non-hydrogen) atoms. The molecule has 0 radical (unpaired) electrons. The molecule has 204 valence electrons. The average molecular weight is 553 g/mol. The molecule has 2 heterocycles. The first-order valence-electron chi connectivity index (χ1n) is 14.7. The summed E-state index contributed by atoms with van der Waals surface area (Å²) < 4.78 is 0. The molecule has 1 aliphatic carbocycles. The molecule has 0 fully saturated rings. The van der Waals surface area contributed by atoms with Crippen LogP contribution < -0.4 is 0 Å². The van der Waals surface area contributed by atoms with E-state index in [0.29, 0.717) is 23.4 Å². The summed E-state index contributed by atoms with van der Waals surface area (Å²) >= 11 is 0. The minimum Gasteiger partial charge on any atom is -0.256 e. The molecule has 0 bridgehead atoms. The van der Waals surface area contributed by atoms with E-state index in [1.54, 1.807) is 0 Å². The lowest BCUT2D eigenvalue weighted by Gasteiger charge is -2.16. The number of hydrogen-bond donors (Lipinski definition) is 0. The van der Waals surface area contributed by atoms with Crippen molar-refractivity contribution in [3.8, 4) is 45.3 Å². The number of rotatable bonds is 4. The van der Waals surface area contributed by atoms with Gasteiger partial charge in [-0.3, -0.25) is 4.98 Å². The third kappa shape index (κ3) is 4.77. The fraction of sp³-hybridized carbons (Fsp3) is 0.0769. The van der Waals surface area contributed by atoms with Crippen molar-refractivity contribution in [2.24, 2.45) is 5.92 Å². The third-order valence-corrected chi connectivity index (χ3v) is 8.28. The Labute approximate surface area is 250 Å². The first kappa shape index (κ1) is 25.2. The Morgan fingerprint density at radius 3 is 2.05 bits per heavy atom. The second-order valence-corrected chi connectivity index (χ2v) is 11.3. The van der Waals surface area contributed by atoms with Gasteiger partial charge in [0.2, 0.25) is 0 Å². The number of fused-ring (bicyclic) bond motifs is 3. The van der Waals surface area contributed by atoms with Crippen LogP contribution in [-0.4, -0.2) is 19.9 Å². The summed E-state index contributed by atoms with van der Waals surface area (Å²) in [5.74, 6) is 2.53. The van der Waals surface area contributed by atoms with Gasteiger partial charge in [-0.1, -0.05) is 116 Å². The van der Waals surface area contributed by atoms with Crippen LogP contribution in [0.1, 0.15) is 18.1 Å². The van der Waals surface area contributed by atoms with E-state index in [9.17, 15) is 0 Å². The zero-order valence-electron chi connectivity index (χ0n) is 23.8. The predicted molar refractivity (Wildman–Crippen MR) is 176 cm³/mol. The van der Waals surface area contributed by atoms with Crippen LogP contribution in [0.15, 0.2) is 128 Å². The molecule has 1 atom stereocenters. The maximum atomic E-state index is 5.02. The Bertz CT molecular complexity index is 2170. The van der Waals surface area contributed by atoms with Gasteiger partial charge in [-0.05, 0) is 58.0 Å². The summed E-state index contributed by atoms with van der Waals surface area (Å²) in [5, 5.41) is 3.47. The summed E-state index contributed by atoms with van der Waals surface area (Å²) in [7, 11) is 0. The Kier molecular flexibility index (Phi) is 6.11. The molecule has 0 saturated carbocycles. The van der Waals surface area contributed by atoms with Gasteiger partial charge in [0.25, 0.3) is 0 Å². The Morgan fingerprint density at radius 1 is 0.558 bits per heavy atom. The molecule has 4 nitrogen and oxygen atoms in total. The smallest absolute Gasteiger partial charge is 0.164 e. The summed E-state index contributed by atoms with van der Waals surface area (Å²) in [6, 6.07) is 40.1. The first-order chi connectivity index (χ1) is 21.2. The molecule has 0 aliphatic heterocycles. The van der Waals surface area contributed by atoms with Crippen LogP contribution in [0.2, 0.25) is 0 Å². The number of allylic oxidation sites excluding steroid dienone is 1. The van der Waals surface area contributed by atoms with Crippen molar-refractivity contribution in [3.05, 3.63) is 139 Å². The van der Waals surface area contributed by atoms with E-state index in [0.717, 1.165) is 50.5 Å². The molecule has 8 rings (SSSR count). The van der Waals surface area contributed by atoms with Crippen LogP contribution in [0.3, 0.4) is 0 Å². The zero-order chi connectivity index (χ0) is 28.8.